The maximum atomic E-state index is 13.0. The Morgan fingerprint density at radius 3 is 1.85 bits per heavy atom. The van der Waals surface area contributed by atoms with E-state index >= 15 is 0 Å². The lowest BCUT2D eigenvalue weighted by Crippen LogP contribution is -2.66. The van der Waals surface area contributed by atoms with Crippen molar-refractivity contribution >= 4 is 12.2 Å². The molecule has 0 spiro atoms. The SMILES string of the molecule is CC1C=CC(CN)OC1OC1C(NC(=O)OC(C)(C)C)CC(C)C(O)C1OC1OC(CO)C(OC2OC(CN)C(O)C(O)C2NC(=O)OC(C)(C)C)C1O. The molecule has 2 saturated heterocycles. The van der Waals surface area contributed by atoms with E-state index in [2.05, 4.69) is 10.6 Å². The largest absolute Gasteiger partial charge is 0.444 e. The van der Waals surface area contributed by atoms with Crippen molar-refractivity contribution in [2.24, 2.45) is 23.3 Å². The number of ether oxygens (including phenoxy) is 8. The molecule has 4 aliphatic rings. The van der Waals surface area contributed by atoms with Crippen LogP contribution in [-0.2, 0) is 37.9 Å². The van der Waals surface area contributed by atoms with Crippen LogP contribution in [0.1, 0.15) is 61.8 Å². The van der Waals surface area contributed by atoms with Crippen LogP contribution in [0.25, 0.3) is 0 Å². The highest BCUT2D eigenvalue weighted by Gasteiger charge is 2.54. The highest BCUT2D eigenvalue weighted by atomic mass is 16.8. The Kier molecular flexibility index (Phi) is 15.1. The van der Waals surface area contributed by atoms with Gasteiger partial charge in [-0.3, -0.25) is 0 Å². The molecule has 0 aromatic heterocycles. The molecule has 17 atom stereocenters. The lowest BCUT2D eigenvalue weighted by Gasteiger charge is -2.46. The molecule has 11 N–H and O–H groups in total. The van der Waals surface area contributed by atoms with Crippen LogP contribution in [0.3, 0.4) is 0 Å². The number of amides is 2. The number of aliphatic hydroxyl groups excluding tert-OH is 5. The third-order valence-corrected chi connectivity index (χ3v) is 9.53. The topological polar surface area (TPSA) is 285 Å². The summed E-state index contributed by atoms with van der Waals surface area (Å²) in [5.41, 5.74) is 9.92. The van der Waals surface area contributed by atoms with E-state index in [-0.39, 0.29) is 25.4 Å². The predicted molar refractivity (Wildman–Crippen MR) is 188 cm³/mol. The maximum Gasteiger partial charge on any atom is 0.408 e. The van der Waals surface area contributed by atoms with E-state index in [1.54, 1.807) is 48.5 Å². The van der Waals surface area contributed by atoms with Gasteiger partial charge < -0.3 is 85.5 Å². The van der Waals surface area contributed by atoms with Crippen LogP contribution in [-0.4, -0.2) is 161 Å². The molecule has 3 fully saturated rings. The zero-order chi connectivity index (χ0) is 40.3. The van der Waals surface area contributed by atoms with Crippen molar-refractivity contribution in [2.45, 2.75) is 165 Å². The quantitative estimate of drug-likeness (QED) is 0.110. The summed E-state index contributed by atoms with van der Waals surface area (Å²) < 4.78 is 47.6. The van der Waals surface area contributed by atoms with Crippen LogP contribution in [0.4, 0.5) is 9.59 Å². The molecule has 19 heteroatoms. The number of rotatable bonds is 11. The average Bonchev–Trinajstić information content (AvgIpc) is 3.36. The van der Waals surface area contributed by atoms with Crippen LogP contribution in [0.2, 0.25) is 0 Å². The molecule has 3 heterocycles. The molecule has 1 aliphatic carbocycles. The van der Waals surface area contributed by atoms with E-state index in [0.717, 1.165) is 0 Å². The third kappa shape index (κ3) is 11.2. The zero-order valence-electron chi connectivity index (χ0n) is 32.3. The summed E-state index contributed by atoms with van der Waals surface area (Å²) in [6.45, 7) is 13.0. The van der Waals surface area contributed by atoms with Crippen molar-refractivity contribution in [3.8, 4) is 0 Å². The standard InChI is InChI=1S/C35H62N4O15/c1-15-9-10-17(12-36)47-29(15)50-26-18(38-32(45)53-34(3,4)5)11-16(2)22(41)28(26)52-31-25(44)27(20(14-40)49-31)51-30-21(39-33(46)54-35(6,7)8)24(43)23(42)19(13-37)48-30/h9-10,15-31,40-44H,11-14,36-37H2,1-8H3,(H,38,45)(H,39,46). The van der Waals surface area contributed by atoms with Crippen molar-refractivity contribution in [1.29, 1.82) is 0 Å². The van der Waals surface area contributed by atoms with E-state index < -0.39 is 128 Å². The second-order valence-corrected chi connectivity index (χ2v) is 16.4. The second-order valence-electron chi connectivity index (χ2n) is 16.4. The fourth-order valence-corrected chi connectivity index (χ4v) is 6.81. The number of carbonyl (C=O) groups is 2. The Morgan fingerprint density at radius 2 is 1.28 bits per heavy atom. The van der Waals surface area contributed by atoms with Crippen LogP contribution in [0, 0.1) is 11.8 Å². The lowest BCUT2D eigenvalue weighted by molar-refractivity contribution is -0.290. The number of carbonyl (C=O) groups excluding carboxylic acids is 2. The van der Waals surface area contributed by atoms with E-state index in [4.69, 9.17) is 49.4 Å². The summed E-state index contributed by atoms with van der Waals surface area (Å²) in [7, 11) is 0. The molecule has 3 aliphatic heterocycles. The number of nitrogens with one attached hydrogen (secondary N) is 2. The number of aliphatic hydroxyl groups is 5. The lowest BCUT2D eigenvalue weighted by atomic mass is 9.80. The molecule has 4 rings (SSSR count). The molecule has 0 bridgehead atoms. The summed E-state index contributed by atoms with van der Waals surface area (Å²) in [5.74, 6) is -0.729. The van der Waals surface area contributed by atoms with Crippen molar-refractivity contribution in [1.82, 2.24) is 10.6 Å². The van der Waals surface area contributed by atoms with Gasteiger partial charge in [-0.05, 0) is 53.9 Å². The molecule has 0 radical (unpaired) electrons. The smallest absolute Gasteiger partial charge is 0.408 e. The fraction of sp³-hybridized carbons (Fsp3) is 0.886. The molecule has 17 unspecified atom stereocenters. The molecule has 54 heavy (non-hydrogen) atoms. The van der Waals surface area contributed by atoms with Crippen LogP contribution in [0.5, 0.6) is 0 Å². The Balaban J connectivity index is 1.60. The second kappa shape index (κ2) is 18.4. The Morgan fingerprint density at radius 1 is 0.704 bits per heavy atom. The van der Waals surface area contributed by atoms with Gasteiger partial charge in [0.05, 0.1) is 24.9 Å². The first-order valence-electron chi connectivity index (χ1n) is 18.5. The molecule has 0 aromatic carbocycles. The molecular weight excluding hydrogens is 716 g/mol. The Hall–Kier alpha value is -2.24. The van der Waals surface area contributed by atoms with Gasteiger partial charge in [-0.1, -0.05) is 26.0 Å². The van der Waals surface area contributed by atoms with Gasteiger partial charge in [-0.25, -0.2) is 9.59 Å². The number of hydrogen-bond acceptors (Lipinski definition) is 17. The van der Waals surface area contributed by atoms with Crippen molar-refractivity contribution in [3.05, 3.63) is 12.2 Å². The Labute approximate surface area is 315 Å². The normalized spacial score (nSPS) is 41.6. The highest BCUT2D eigenvalue weighted by molar-refractivity contribution is 5.68. The molecule has 19 nitrogen and oxygen atoms in total. The maximum absolute atomic E-state index is 13.0. The number of nitrogens with two attached hydrogens (primary N) is 2. The fourth-order valence-electron chi connectivity index (χ4n) is 6.81. The van der Waals surface area contributed by atoms with E-state index in [9.17, 15) is 35.1 Å². The van der Waals surface area contributed by atoms with Gasteiger partial charge >= 0.3 is 12.2 Å². The zero-order valence-corrected chi connectivity index (χ0v) is 32.3. The highest BCUT2D eigenvalue weighted by Crippen LogP contribution is 2.37. The molecule has 1 saturated carbocycles. The molecule has 2 amide bonds. The van der Waals surface area contributed by atoms with Crippen LogP contribution < -0.4 is 22.1 Å². The van der Waals surface area contributed by atoms with Crippen molar-refractivity contribution in [2.75, 3.05) is 19.7 Å². The van der Waals surface area contributed by atoms with E-state index in [1.165, 1.54) is 0 Å². The van der Waals surface area contributed by atoms with Crippen molar-refractivity contribution in [3.63, 3.8) is 0 Å². The van der Waals surface area contributed by atoms with Gasteiger partial charge in [0.15, 0.2) is 18.9 Å². The first kappa shape index (κ1) is 44.5. The summed E-state index contributed by atoms with van der Waals surface area (Å²) in [6, 6.07) is -2.21. The third-order valence-electron chi connectivity index (χ3n) is 9.53. The minimum absolute atomic E-state index is 0.180. The Bertz CT molecular complexity index is 1270. The van der Waals surface area contributed by atoms with Gasteiger partial charge in [0.2, 0.25) is 0 Å². The van der Waals surface area contributed by atoms with Gasteiger partial charge in [0.25, 0.3) is 0 Å². The van der Waals surface area contributed by atoms with Gasteiger partial charge in [-0.15, -0.1) is 0 Å². The first-order chi connectivity index (χ1) is 25.2. The van der Waals surface area contributed by atoms with Crippen LogP contribution >= 0.6 is 0 Å². The predicted octanol–water partition coefficient (Wildman–Crippen LogP) is -1.31. The number of alkyl carbamates (subject to hydrolysis) is 2. The average molecular weight is 779 g/mol. The summed E-state index contributed by atoms with van der Waals surface area (Å²) in [6.07, 6.45) is -14.3. The monoisotopic (exact) mass is 778 g/mol. The summed E-state index contributed by atoms with van der Waals surface area (Å²) in [5, 5.41) is 60.5. The first-order valence-corrected chi connectivity index (χ1v) is 18.5. The number of hydrogen-bond donors (Lipinski definition) is 9. The molecular formula is C35H62N4O15. The molecule has 312 valence electrons. The molecule has 0 aromatic rings. The van der Waals surface area contributed by atoms with Gasteiger partial charge in [-0.2, -0.15) is 0 Å². The van der Waals surface area contributed by atoms with Gasteiger partial charge in [0.1, 0.15) is 66.1 Å². The summed E-state index contributed by atoms with van der Waals surface area (Å²) in [4.78, 5) is 25.8. The van der Waals surface area contributed by atoms with Crippen LogP contribution in [0.15, 0.2) is 12.2 Å². The summed E-state index contributed by atoms with van der Waals surface area (Å²) >= 11 is 0. The minimum atomic E-state index is -1.66. The van der Waals surface area contributed by atoms with Crippen molar-refractivity contribution < 1.29 is 73.0 Å². The van der Waals surface area contributed by atoms with E-state index in [0.29, 0.717) is 0 Å². The van der Waals surface area contributed by atoms with E-state index in [1.807, 2.05) is 19.1 Å². The minimum Gasteiger partial charge on any atom is -0.444 e. The van der Waals surface area contributed by atoms with Gasteiger partial charge in [0, 0.05) is 19.0 Å².